The molecular formula is C15H10N4O. The molecule has 0 aliphatic heterocycles. The third-order valence-electron chi connectivity index (χ3n) is 3.05. The highest BCUT2D eigenvalue weighted by Crippen LogP contribution is 2.20. The van der Waals surface area contributed by atoms with Gasteiger partial charge in [0.1, 0.15) is 11.8 Å². The van der Waals surface area contributed by atoms with E-state index in [1.54, 1.807) is 24.4 Å². The summed E-state index contributed by atoms with van der Waals surface area (Å²) < 4.78 is 1.53. The average Bonchev–Trinajstić information content (AvgIpc) is 2.89. The van der Waals surface area contributed by atoms with Crippen molar-refractivity contribution in [2.75, 3.05) is 5.73 Å². The number of fused-ring (bicyclic) bond motifs is 1. The van der Waals surface area contributed by atoms with Crippen LogP contribution in [0, 0.1) is 11.3 Å². The van der Waals surface area contributed by atoms with Gasteiger partial charge in [-0.05, 0) is 36.4 Å². The van der Waals surface area contributed by atoms with Crippen molar-refractivity contribution in [3.8, 4) is 6.07 Å². The van der Waals surface area contributed by atoms with Crippen LogP contribution in [0.3, 0.4) is 0 Å². The van der Waals surface area contributed by atoms with Gasteiger partial charge in [0.05, 0.1) is 5.52 Å². The number of nitrogens with two attached hydrogens (primary N) is 1. The molecule has 96 valence electrons. The predicted molar refractivity (Wildman–Crippen MR) is 75.0 cm³/mol. The van der Waals surface area contributed by atoms with Gasteiger partial charge in [-0.3, -0.25) is 9.36 Å². The largest absolute Gasteiger partial charge is 0.399 e. The zero-order valence-corrected chi connectivity index (χ0v) is 10.4. The van der Waals surface area contributed by atoms with Crippen molar-refractivity contribution in [2.24, 2.45) is 0 Å². The van der Waals surface area contributed by atoms with Crippen LogP contribution in [0.5, 0.6) is 0 Å². The van der Waals surface area contributed by atoms with E-state index in [1.807, 2.05) is 18.2 Å². The van der Waals surface area contributed by atoms with E-state index < -0.39 is 0 Å². The Morgan fingerprint density at radius 3 is 2.90 bits per heavy atom. The molecule has 0 aliphatic rings. The molecule has 0 aliphatic carbocycles. The summed E-state index contributed by atoms with van der Waals surface area (Å²) in [5, 5.41) is 9.73. The smallest absolute Gasteiger partial charge is 0.262 e. The first-order valence-corrected chi connectivity index (χ1v) is 5.96. The number of carbonyl (C=O) groups is 1. The number of nitriles is 1. The molecule has 0 unspecified atom stereocenters. The lowest BCUT2D eigenvalue weighted by Gasteiger charge is -2.04. The number of benzene rings is 1. The Hall–Kier alpha value is -3.13. The topological polar surface area (TPSA) is 84.7 Å². The molecule has 0 atom stereocenters. The zero-order chi connectivity index (χ0) is 14.1. The van der Waals surface area contributed by atoms with Crippen LogP contribution in [0.4, 0.5) is 5.69 Å². The molecule has 0 spiro atoms. The molecule has 0 bridgehead atoms. The lowest BCUT2D eigenvalue weighted by Crippen LogP contribution is -2.11. The number of nitrogen functional groups attached to an aromatic ring is 1. The van der Waals surface area contributed by atoms with Crippen molar-refractivity contribution in [3.05, 3.63) is 60.0 Å². The number of rotatable bonds is 1. The Balaban J connectivity index is 2.11. The summed E-state index contributed by atoms with van der Waals surface area (Å²) in [6.07, 6.45) is 3.15. The van der Waals surface area contributed by atoms with Gasteiger partial charge in [-0.15, -0.1) is 0 Å². The van der Waals surface area contributed by atoms with Crippen LogP contribution in [0.15, 0.2) is 48.8 Å². The molecular weight excluding hydrogens is 252 g/mol. The Morgan fingerprint density at radius 1 is 1.25 bits per heavy atom. The van der Waals surface area contributed by atoms with Crippen molar-refractivity contribution in [2.45, 2.75) is 0 Å². The first-order chi connectivity index (χ1) is 9.69. The number of nitrogens with zero attached hydrogens (tertiary/aromatic N) is 3. The van der Waals surface area contributed by atoms with Crippen LogP contribution in [-0.2, 0) is 0 Å². The fraction of sp³-hybridized carbons (Fsp3) is 0. The standard InChI is InChI=1S/C15H10N4O/c16-9-13-8-11(3-5-18-13)15(20)19-6-4-10-7-12(17)1-2-14(10)19/h1-8H,17H2. The van der Waals surface area contributed by atoms with Gasteiger partial charge in [0, 0.05) is 29.0 Å². The second-order valence-electron chi connectivity index (χ2n) is 4.35. The molecule has 3 rings (SSSR count). The van der Waals surface area contributed by atoms with Gasteiger partial charge in [-0.1, -0.05) is 0 Å². The van der Waals surface area contributed by atoms with Gasteiger partial charge in [-0.2, -0.15) is 5.26 Å². The van der Waals surface area contributed by atoms with Crippen LogP contribution in [0.25, 0.3) is 10.9 Å². The van der Waals surface area contributed by atoms with E-state index in [-0.39, 0.29) is 11.6 Å². The molecule has 0 radical (unpaired) electrons. The molecule has 0 fully saturated rings. The highest BCUT2D eigenvalue weighted by Gasteiger charge is 2.12. The number of anilines is 1. The quantitative estimate of drug-likeness (QED) is 0.681. The molecule has 2 aromatic heterocycles. The number of aromatic nitrogens is 2. The summed E-state index contributed by atoms with van der Waals surface area (Å²) in [6, 6.07) is 12.2. The molecule has 2 heterocycles. The molecule has 0 saturated heterocycles. The number of pyridine rings is 1. The maximum absolute atomic E-state index is 12.5. The number of carbonyl (C=O) groups excluding carboxylic acids is 1. The first-order valence-electron chi connectivity index (χ1n) is 5.96. The second kappa shape index (κ2) is 4.52. The minimum atomic E-state index is -0.205. The van der Waals surface area contributed by atoms with Crippen molar-refractivity contribution < 1.29 is 4.79 Å². The number of hydrogen-bond acceptors (Lipinski definition) is 4. The van der Waals surface area contributed by atoms with E-state index in [4.69, 9.17) is 11.0 Å². The van der Waals surface area contributed by atoms with Gasteiger partial charge in [0.25, 0.3) is 5.91 Å². The molecule has 1 aromatic carbocycles. The van der Waals surface area contributed by atoms with E-state index in [0.29, 0.717) is 11.3 Å². The molecule has 3 aromatic rings. The summed E-state index contributed by atoms with van der Waals surface area (Å²) in [6.45, 7) is 0. The molecule has 20 heavy (non-hydrogen) atoms. The maximum Gasteiger partial charge on any atom is 0.262 e. The third-order valence-corrected chi connectivity index (χ3v) is 3.05. The summed E-state index contributed by atoms with van der Waals surface area (Å²) in [4.78, 5) is 16.3. The van der Waals surface area contributed by atoms with Gasteiger partial charge in [0.15, 0.2) is 0 Å². The Bertz CT molecular complexity index is 858. The first kappa shape index (κ1) is 11.9. The van der Waals surface area contributed by atoms with E-state index in [1.165, 1.54) is 16.8 Å². The monoisotopic (exact) mass is 262 g/mol. The fourth-order valence-corrected chi connectivity index (χ4v) is 2.10. The van der Waals surface area contributed by atoms with E-state index in [0.717, 1.165) is 10.9 Å². The average molecular weight is 262 g/mol. The lowest BCUT2D eigenvalue weighted by atomic mass is 10.2. The number of hydrogen-bond donors (Lipinski definition) is 1. The SMILES string of the molecule is N#Cc1cc(C(=O)n2ccc3cc(N)ccc32)ccn1. The minimum Gasteiger partial charge on any atom is -0.399 e. The maximum atomic E-state index is 12.5. The summed E-state index contributed by atoms with van der Waals surface area (Å²) in [5.74, 6) is -0.205. The summed E-state index contributed by atoms with van der Waals surface area (Å²) in [5.41, 5.74) is 7.79. The van der Waals surface area contributed by atoms with Gasteiger partial charge in [0.2, 0.25) is 0 Å². The Kier molecular flexibility index (Phi) is 2.70. The van der Waals surface area contributed by atoms with Crippen molar-refractivity contribution in [1.29, 1.82) is 5.26 Å². The predicted octanol–water partition coefficient (Wildman–Crippen LogP) is 2.18. The molecule has 0 saturated carbocycles. The molecule has 0 amide bonds. The fourth-order valence-electron chi connectivity index (χ4n) is 2.10. The second-order valence-corrected chi connectivity index (χ2v) is 4.35. The van der Waals surface area contributed by atoms with Crippen LogP contribution < -0.4 is 5.73 Å². The van der Waals surface area contributed by atoms with Crippen LogP contribution >= 0.6 is 0 Å². The van der Waals surface area contributed by atoms with Crippen molar-refractivity contribution in [3.63, 3.8) is 0 Å². The van der Waals surface area contributed by atoms with Gasteiger partial charge < -0.3 is 5.73 Å². The lowest BCUT2D eigenvalue weighted by molar-refractivity contribution is 0.0965. The highest BCUT2D eigenvalue weighted by molar-refractivity contribution is 6.02. The molecule has 5 nitrogen and oxygen atoms in total. The summed E-state index contributed by atoms with van der Waals surface area (Å²) >= 11 is 0. The van der Waals surface area contributed by atoms with Crippen molar-refractivity contribution in [1.82, 2.24) is 9.55 Å². The van der Waals surface area contributed by atoms with E-state index in [2.05, 4.69) is 4.98 Å². The van der Waals surface area contributed by atoms with E-state index >= 15 is 0 Å². The normalized spacial score (nSPS) is 10.3. The van der Waals surface area contributed by atoms with Crippen LogP contribution in [0.1, 0.15) is 16.1 Å². The Labute approximate surface area is 114 Å². The van der Waals surface area contributed by atoms with Crippen molar-refractivity contribution >= 4 is 22.5 Å². The third kappa shape index (κ3) is 1.89. The summed E-state index contributed by atoms with van der Waals surface area (Å²) in [7, 11) is 0. The zero-order valence-electron chi connectivity index (χ0n) is 10.4. The highest BCUT2D eigenvalue weighted by atomic mass is 16.2. The van der Waals surface area contributed by atoms with Crippen LogP contribution in [-0.4, -0.2) is 15.5 Å². The van der Waals surface area contributed by atoms with Gasteiger partial charge >= 0.3 is 0 Å². The molecule has 5 heteroatoms. The van der Waals surface area contributed by atoms with E-state index in [9.17, 15) is 4.79 Å². The molecule has 2 N–H and O–H groups in total. The van der Waals surface area contributed by atoms with Gasteiger partial charge in [-0.25, -0.2) is 4.98 Å². The minimum absolute atomic E-state index is 0.205. The Morgan fingerprint density at radius 2 is 2.10 bits per heavy atom. The van der Waals surface area contributed by atoms with Crippen LogP contribution in [0.2, 0.25) is 0 Å².